The molecule has 1 amide bonds. The molecule has 1 saturated carbocycles. The number of pyridine rings is 1. The molecule has 3 unspecified atom stereocenters. The number of rotatable bonds is 4. The Bertz CT molecular complexity index is 1180. The van der Waals surface area contributed by atoms with Crippen molar-refractivity contribution in [2.75, 3.05) is 6.54 Å². The largest absolute Gasteiger partial charge is 0.333 e. The Morgan fingerprint density at radius 3 is 2.59 bits per heavy atom. The third-order valence-corrected chi connectivity index (χ3v) is 7.04. The quantitative estimate of drug-likeness (QED) is 0.628. The van der Waals surface area contributed by atoms with E-state index < -0.39 is 0 Å². The van der Waals surface area contributed by atoms with E-state index in [4.69, 9.17) is 4.98 Å². The van der Waals surface area contributed by atoms with Gasteiger partial charge in [0.25, 0.3) is 5.91 Å². The van der Waals surface area contributed by atoms with Crippen LogP contribution in [-0.2, 0) is 5.41 Å². The van der Waals surface area contributed by atoms with Crippen LogP contribution in [0.15, 0.2) is 30.6 Å². The lowest BCUT2D eigenvalue weighted by Gasteiger charge is -2.40. The molecule has 1 aliphatic heterocycles. The number of carbonyl (C=O) groups is 1. The SMILES string of the molecule is CCC1N(C(=O)c2nc(C)ccc2-c2ncccn2)CCC2CC21c1nnc(C)c(C)n1. The zero-order valence-electron chi connectivity index (χ0n) is 18.9. The number of amides is 1. The second kappa shape index (κ2) is 7.69. The van der Waals surface area contributed by atoms with E-state index in [1.807, 2.05) is 37.8 Å². The Balaban J connectivity index is 1.55. The molecule has 0 spiro atoms. The van der Waals surface area contributed by atoms with Crippen LogP contribution in [0.1, 0.15) is 59.6 Å². The molecule has 2 aliphatic rings. The highest BCUT2D eigenvalue weighted by Crippen LogP contribution is 2.61. The first kappa shape index (κ1) is 20.6. The van der Waals surface area contributed by atoms with Gasteiger partial charge >= 0.3 is 0 Å². The summed E-state index contributed by atoms with van der Waals surface area (Å²) in [6.45, 7) is 8.62. The van der Waals surface area contributed by atoms with Crippen molar-refractivity contribution in [3.63, 3.8) is 0 Å². The highest BCUT2D eigenvalue weighted by atomic mass is 16.2. The number of hydrogen-bond donors (Lipinski definition) is 0. The number of aromatic nitrogens is 6. The molecule has 2 fully saturated rings. The highest BCUT2D eigenvalue weighted by molar-refractivity contribution is 5.98. The minimum absolute atomic E-state index is 0.00418. The molecule has 5 rings (SSSR count). The maximum Gasteiger partial charge on any atom is 0.273 e. The average Bonchev–Trinajstić information content (AvgIpc) is 3.56. The van der Waals surface area contributed by atoms with Gasteiger partial charge in [-0.3, -0.25) is 4.79 Å². The summed E-state index contributed by atoms with van der Waals surface area (Å²) in [4.78, 5) is 34.1. The lowest BCUT2D eigenvalue weighted by Crippen LogP contribution is -2.52. The highest BCUT2D eigenvalue weighted by Gasteiger charge is 2.66. The third-order valence-electron chi connectivity index (χ3n) is 7.04. The van der Waals surface area contributed by atoms with Crippen molar-refractivity contribution in [3.05, 3.63) is 59.2 Å². The summed E-state index contributed by atoms with van der Waals surface area (Å²) in [5.41, 5.74) is 3.38. The van der Waals surface area contributed by atoms with Gasteiger partial charge in [-0.2, -0.15) is 5.10 Å². The van der Waals surface area contributed by atoms with Gasteiger partial charge in [-0.1, -0.05) is 6.92 Å². The van der Waals surface area contributed by atoms with Crippen LogP contribution in [0.5, 0.6) is 0 Å². The molecule has 1 aliphatic carbocycles. The summed E-state index contributed by atoms with van der Waals surface area (Å²) in [7, 11) is 0. The van der Waals surface area contributed by atoms with E-state index >= 15 is 0 Å². The second-order valence-corrected chi connectivity index (χ2v) is 8.88. The predicted molar refractivity (Wildman–Crippen MR) is 119 cm³/mol. The summed E-state index contributed by atoms with van der Waals surface area (Å²) < 4.78 is 0. The normalized spacial score (nSPS) is 24.2. The fourth-order valence-electron chi connectivity index (χ4n) is 5.22. The van der Waals surface area contributed by atoms with Gasteiger partial charge < -0.3 is 4.90 Å². The fraction of sp³-hybridized carbons (Fsp3) is 0.458. The zero-order chi connectivity index (χ0) is 22.5. The molecule has 0 radical (unpaired) electrons. The van der Waals surface area contributed by atoms with Crippen molar-refractivity contribution in [1.82, 2.24) is 35.0 Å². The molecule has 4 heterocycles. The van der Waals surface area contributed by atoms with Crippen LogP contribution in [0.4, 0.5) is 0 Å². The minimum atomic E-state index is -0.221. The topological polar surface area (TPSA) is 97.7 Å². The number of fused-ring (bicyclic) bond motifs is 1. The van der Waals surface area contributed by atoms with Gasteiger partial charge in [-0.05, 0) is 64.2 Å². The third kappa shape index (κ3) is 3.16. The minimum Gasteiger partial charge on any atom is -0.333 e. The molecule has 0 aromatic carbocycles. The number of aryl methyl sites for hydroxylation is 3. The van der Waals surface area contributed by atoms with E-state index in [2.05, 4.69) is 32.1 Å². The van der Waals surface area contributed by atoms with Gasteiger partial charge in [0.15, 0.2) is 11.6 Å². The van der Waals surface area contributed by atoms with Crippen LogP contribution in [0.3, 0.4) is 0 Å². The number of carbonyl (C=O) groups excluding carboxylic acids is 1. The van der Waals surface area contributed by atoms with Gasteiger partial charge in [0.1, 0.15) is 5.69 Å². The maximum atomic E-state index is 13.9. The molecule has 3 atom stereocenters. The van der Waals surface area contributed by atoms with Crippen LogP contribution < -0.4 is 0 Å². The van der Waals surface area contributed by atoms with Gasteiger partial charge in [-0.25, -0.2) is 19.9 Å². The molecule has 0 bridgehead atoms. The molecule has 32 heavy (non-hydrogen) atoms. The van der Waals surface area contributed by atoms with Crippen LogP contribution >= 0.6 is 0 Å². The molecule has 3 aromatic heterocycles. The molecule has 164 valence electrons. The Labute approximate surface area is 187 Å². The predicted octanol–water partition coefficient (Wildman–Crippen LogP) is 3.23. The van der Waals surface area contributed by atoms with Gasteiger partial charge in [0.05, 0.1) is 22.4 Å². The molecule has 8 heteroatoms. The van der Waals surface area contributed by atoms with Gasteiger partial charge in [0.2, 0.25) is 0 Å². The molecule has 8 nitrogen and oxygen atoms in total. The first-order valence-corrected chi connectivity index (χ1v) is 11.2. The summed E-state index contributed by atoms with van der Waals surface area (Å²) in [6, 6.07) is 5.55. The summed E-state index contributed by atoms with van der Waals surface area (Å²) in [5, 5.41) is 8.83. The van der Waals surface area contributed by atoms with E-state index in [0.29, 0.717) is 29.5 Å². The van der Waals surface area contributed by atoms with E-state index in [1.54, 1.807) is 18.5 Å². The lowest BCUT2D eigenvalue weighted by molar-refractivity contribution is 0.0535. The first-order valence-electron chi connectivity index (χ1n) is 11.2. The first-order chi connectivity index (χ1) is 15.5. The smallest absolute Gasteiger partial charge is 0.273 e. The van der Waals surface area contributed by atoms with E-state index in [-0.39, 0.29) is 17.4 Å². The number of hydrogen-bond acceptors (Lipinski definition) is 7. The van der Waals surface area contributed by atoms with Crippen LogP contribution in [0.25, 0.3) is 11.4 Å². The summed E-state index contributed by atoms with van der Waals surface area (Å²) >= 11 is 0. The Kier molecular flexibility index (Phi) is 4.95. The van der Waals surface area contributed by atoms with Crippen molar-refractivity contribution in [3.8, 4) is 11.4 Å². The van der Waals surface area contributed by atoms with Crippen molar-refractivity contribution in [1.29, 1.82) is 0 Å². The molecule has 3 aromatic rings. The van der Waals surface area contributed by atoms with Crippen LogP contribution in [0.2, 0.25) is 0 Å². The Morgan fingerprint density at radius 2 is 1.88 bits per heavy atom. The second-order valence-electron chi connectivity index (χ2n) is 8.88. The zero-order valence-corrected chi connectivity index (χ0v) is 18.9. The van der Waals surface area contributed by atoms with Gasteiger partial charge in [-0.15, -0.1) is 5.10 Å². The van der Waals surface area contributed by atoms with E-state index in [0.717, 1.165) is 42.2 Å². The molecule has 0 N–H and O–H groups in total. The molecular formula is C24H27N7O. The maximum absolute atomic E-state index is 13.9. The fourth-order valence-corrected chi connectivity index (χ4v) is 5.22. The summed E-state index contributed by atoms with van der Waals surface area (Å²) in [5.74, 6) is 1.69. The van der Waals surface area contributed by atoms with E-state index in [1.165, 1.54) is 0 Å². The van der Waals surface area contributed by atoms with Crippen molar-refractivity contribution in [2.24, 2.45) is 5.92 Å². The lowest BCUT2D eigenvalue weighted by atomic mass is 9.84. The van der Waals surface area contributed by atoms with Crippen molar-refractivity contribution in [2.45, 2.75) is 58.4 Å². The van der Waals surface area contributed by atoms with Crippen LogP contribution in [0, 0.1) is 26.7 Å². The number of likely N-dealkylation sites (tertiary alicyclic amines) is 1. The molecular weight excluding hydrogens is 402 g/mol. The number of nitrogens with zero attached hydrogens (tertiary/aromatic N) is 7. The molecule has 1 saturated heterocycles. The van der Waals surface area contributed by atoms with Crippen LogP contribution in [-0.4, -0.2) is 53.5 Å². The monoisotopic (exact) mass is 429 g/mol. The average molecular weight is 430 g/mol. The standard InChI is InChI=1S/C24H27N7O/c1-5-19-24(23-28-15(3)16(4)29-30-23)13-17(24)9-12-31(19)22(32)20-18(8-7-14(2)27-20)21-25-10-6-11-26-21/h6-8,10-11,17,19H,5,9,12-13H2,1-4H3. The Morgan fingerprint density at radius 1 is 1.09 bits per heavy atom. The van der Waals surface area contributed by atoms with Crippen molar-refractivity contribution >= 4 is 5.91 Å². The number of piperidine rings is 1. The van der Waals surface area contributed by atoms with E-state index in [9.17, 15) is 4.79 Å². The Hall–Kier alpha value is -3.29. The summed E-state index contributed by atoms with van der Waals surface area (Å²) in [6.07, 6.45) is 6.11. The van der Waals surface area contributed by atoms with Gasteiger partial charge in [0, 0.05) is 30.7 Å². The van der Waals surface area contributed by atoms with Crippen molar-refractivity contribution < 1.29 is 4.79 Å².